The van der Waals surface area contributed by atoms with Gasteiger partial charge in [0.1, 0.15) is 0 Å². The third kappa shape index (κ3) is 11.0. The molecular weight excluding hydrogens is 438 g/mol. The number of nitrogens with zero attached hydrogens (tertiary/aromatic N) is 3. The van der Waals surface area contributed by atoms with Crippen LogP contribution < -0.4 is 9.97 Å². The first-order chi connectivity index (χ1) is 13.5. The van der Waals surface area contributed by atoms with Crippen LogP contribution >= 0.6 is 0 Å². The summed E-state index contributed by atoms with van der Waals surface area (Å²) < 4.78 is 7.14. The van der Waals surface area contributed by atoms with Crippen LogP contribution in [0.5, 0.6) is 0 Å². The standard InChI is InChI=1S/C8H9N.2C6H8N.C5H10.Mo/c1-6-4-3-5-7(2)8(6)9;2*1-5-3-4-6(2)7-5;1-5(2,3)4;/h3-5H,1-2H3;2*3-4H,1-2H3;1H,2-4H3;/q;2*-1;;+2. The Morgan fingerprint density at radius 1 is 0.690 bits per heavy atom. The van der Waals surface area contributed by atoms with E-state index in [4.69, 9.17) is 3.50 Å². The fourth-order valence-electron chi connectivity index (χ4n) is 2.37. The molecule has 0 aliphatic rings. The molecule has 3 rings (SSSR count). The summed E-state index contributed by atoms with van der Waals surface area (Å²) in [4.78, 5) is 8.22. The van der Waals surface area contributed by atoms with Gasteiger partial charge >= 0.3 is 101 Å². The Balaban J connectivity index is 0.000000248. The Morgan fingerprint density at radius 2 is 1.07 bits per heavy atom. The van der Waals surface area contributed by atoms with Crippen molar-refractivity contribution in [3.05, 3.63) is 76.4 Å². The van der Waals surface area contributed by atoms with Crippen molar-refractivity contribution < 1.29 is 17.9 Å². The van der Waals surface area contributed by atoms with Crippen LogP contribution in [0, 0.1) is 47.0 Å². The van der Waals surface area contributed by atoms with E-state index < -0.39 is 0 Å². The Labute approximate surface area is 185 Å². The summed E-state index contributed by atoms with van der Waals surface area (Å²) >= 11 is -0.355. The van der Waals surface area contributed by atoms with Crippen molar-refractivity contribution in [3.63, 3.8) is 0 Å². The molecule has 0 N–H and O–H groups in total. The average Bonchev–Trinajstić information content (AvgIpc) is 3.17. The summed E-state index contributed by atoms with van der Waals surface area (Å²) in [6.07, 6.45) is 0. The van der Waals surface area contributed by atoms with Crippen LogP contribution in [-0.4, -0.2) is 4.40 Å². The Hall–Kier alpha value is -1.86. The Bertz CT molecular complexity index is 857. The molecule has 2 heterocycles. The maximum absolute atomic E-state index is 4.77. The van der Waals surface area contributed by atoms with Crippen molar-refractivity contribution in [2.24, 2.45) is 8.91 Å². The zero-order valence-corrected chi connectivity index (χ0v) is 21.4. The van der Waals surface area contributed by atoms with E-state index in [-0.39, 0.29) is 17.9 Å². The van der Waals surface area contributed by atoms with E-state index >= 15 is 0 Å². The van der Waals surface area contributed by atoms with Crippen molar-refractivity contribution in [1.29, 1.82) is 0 Å². The van der Waals surface area contributed by atoms with Gasteiger partial charge in [-0.3, -0.25) is 0 Å². The fourth-order valence-corrected chi connectivity index (χ4v) is 4.25. The maximum atomic E-state index is 4.77. The second-order valence-electron chi connectivity index (χ2n) is 8.38. The second-order valence-corrected chi connectivity index (χ2v) is 9.92. The summed E-state index contributed by atoms with van der Waals surface area (Å²) in [6.45, 7) is 18.9. The molecule has 0 aliphatic heterocycles. The van der Waals surface area contributed by atoms with Gasteiger partial charge in [0.05, 0.1) is 0 Å². The zero-order chi connectivity index (χ0) is 22.0. The van der Waals surface area contributed by atoms with Gasteiger partial charge < -0.3 is 9.97 Å². The van der Waals surface area contributed by atoms with Crippen molar-refractivity contribution >= 4 is 10.1 Å². The molecule has 0 unspecified atom stereocenters. The number of hydrogen-bond donors (Lipinski definition) is 0. The quantitative estimate of drug-likeness (QED) is 0.375. The molecule has 156 valence electrons. The normalized spacial score (nSPS) is 10.1. The Morgan fingerprint density at radius 3 is 1.34 bits per heavy atom. The van der Waals surface area contributed by atoms with Crippen LogP contribution in [0.25, 0.3) is 0 Å². The van der Waals surface area contributed by atoms with E-state index in [1.54, 1.807) is 0 Å². The summed E-state index contributed by atoms with van der Waals surface area (Å²) in [5, 5.41) is 0. The van der Waals surface area contributed by atoms with Crippen molar-refractivity contribution in [1.82, 2.24) is 9.97 Å². The average molecular weight is 474 g/mol. The minimum absolute atomic E-state index is 0.308. The molecule has 0 radical (unpaired) electrons. The number of hydrogen-bond acceptors (Lipinski definition) is 1. The molecule has 0 fully saturated rings. The minimum atomic E-state index is -0.355. The van der Waals surface area contributed by atoms with Crippen LogP contribution in [0.2, 0.25) is 0 Å². The Kier molecular flexibility index (Phi) is 10.4. The molecule has 0 saturated heterocycles. The number of benzene rings is 1. The van der Waals surface area contributed by atoms with Gasteiger partial charge in [-0.2, -0.15) is 22.8 Å². The first kappa shape index (κ1) is 25.2. The van der Waals surface area contributed by atoms with Gasteiger partial charge in [-0.25, -0.2) is 0 Å². The van der Waals surface area contributed by atoms with Crippen molar-refractivity contribution in [2.45, 2.75) is 62.3 Å². The van der Waals surface area contributed by atoms with Crippen LogP contribution in [0.3, 0.4) is 0 Å². The van der Waals surface area contributed by atoms with E-state index in [0.717, 1.165) is 22.8 Å². The monoisotopic (exact) mass is 475 g/mol. The first-order valence-corrected chi connectivity index (χ1v) is 11.9. The van der Waals surface area contributed by atoms with Gasteiger partial charge in [-0.05, 0) is 0 Å². The van der Waals surface area contributed by atoms with Crippen LogP contribution in [0.15, 0.2) is 46.0 Å². The summed E-state index contributed by atoms with van der Waals surface area (Å²) in [5.74, 6) is 0. The summed E-state index contributed by atoms with van der Waals surface area (Å²) in [6, 6.07) is 14.4. The van der Waals surface area contributed by atoms with Gasteiger partial charge in [0.15, 0.2) is 0 Å². The van der Waals surface area contributed by atoms with Gasteiger partial charge in [0.25, 0.3) is 0 Å². The fraction of sp³-hybridized carbons (Fsp3) is 0.400. The number of aryl methyl sites for hydroxylation is 6. The molecule has 0 aliphatic carbocycles. The van der Waals surface area contributed by atoms with E-state index in [1.807, 2.05) is 52.0 Å². The predicted octanol–water partition coefficient (Wildman–Crippen LogP) is 6.57. The third-order valence-electron chi connectivity index (χ3n) is 3.83. The summed E-state index contributed by atoms with van der Waals surface area (Å²) in [7, 11) is 0. The van der Waals surface area contributed by atoms with Gasteiger partial charge in [0.2, 0.25) is 0 Å². The summed E-state index contributed by atoms with van der Waals surface area (Å²) in [5.41, 5.74) is 8.54. The third-order valence-corrected chi connectivity index (χ3v) is 6.53. The molecule has 29 heavy (non-hydrogen) atoms. The van der Waals surface area contributed by atoms with E-state index in [9.17, 15) is 0 Å². The SMILES string of the molecule is Cc1ccc(C)[n-]1.Cc1ccc(C)[n-]1.Cc1cccc(C)c1[N]=[Mo+2]=[CH]C(C)(C)C. The van der Waals surface area contributed by atoms with E-state index in [2.05, 4.69) is 67.2 Å². The second kappa shape index (κ2) is 12.0. The molecule has 0 spiro atoms. The van der Waals surface area contributed by atoms with Crippen molar-refractivity contribution in [3.8, 4) is 0 Å². The molecule has 2 aromatic heterocycles. The zero-order valence-electron chi connectivity index (χ0n) is 19.4. The molecule has 3 aromatic rings. The predicted molar refractivity (Wildman–Crippen MR) is 122 cm³/mol. The topological polar surface area (TPSA) is 40.6 Å². The molecule has 4 heteroatoms. The molecule has 3 nitrogen and oxygen atoms in total. The van der Waals surface area contributed by atoms with Crippen LogP contribution in [-0.2, 0) is 17.9 Å². The first-order valence-electron chi connectivity index (χ1n) is 9.89. The van der Waals surface area contributed by atoms with Crippen molar-refractivity contribution in [2.75, 3.05) is 0 Å². The van der Waals surface area contributed by atoms with E-state index in [0.29, 0.717) is 5.41 Å². The molecular formula is C25H35MoN3. The molecule has 0 bridgehead atoms. The number of aromatic nitrogens is 2. The van der Waals surface area contributed by atoms with Gasteiger partial charge in [0, 0.05) is 0 Å². The van der Waals surface area contributed by atoms with Gasteiger partial charge in [-0.15, -0.1) is 0 Å². The molecule has 0 atom stereocenters. The number of rotatable bonds is 1. The molecule has 1 aromatic carbocycles. The van der Waals surface area contributed by atoms with Crippen LogP contribution in [0.4, 0.5) is 5.69 Å². The van der Waals surface area contributed by atoms with Gasteiger partial charge in [-0.1, -0.05) is 52.0 Å². The van der Waals surface area contributed by atoms with Crippen LogP contribution in [0.1, 0.15) is 54.7 Å². The molecule has 0 saturated carbocycles. The molecule has 0 amide bonds. The van der Waals surface area contributed by atoms with E-state index in [1.165, 1.54) is 16.8 Å².